The van der Waals surface area contributed by atoms with Crippen molar-refractivity contribution in [2.24, 2.45) is 0 Å². The number of hydrogen-bond acceptors (Lipinski definition) is 4. The molecule has 0 radical (unpaired) electrons. The predicted octanol–water partition coefficient (Wildman–Crippen LogP) is 2.44. The number of amides is 1. The van der Waals surface area contributed by atoms with Crippen LogP contribution < -0.4 is 5.32 Å². The van der Waals surface area contributed by atoms with Gasteiger partial charge in [0.05, 0.1) is 11.8 Å². The first kappa shape index (κ1) is 14.1. The SMILES string of the molecule is O=C(Nc1ccc(C(F)(F)F)cc1)c1cnoc1CO. The van der Waals surface area contributed by atoms with Gasteiger partial charge in [0.2, 0.25) is 0 Å². The molecule has 0 fully saturated rings. The number of rotatable bonds is 3. The van der Waals surface area contributed by atoms with Crippen molar-refractivity contribution in [3.05, 3.63) is 47.3 Å². The zero-order chi connectivity index (χ0) is 14.8. The van der Waals surface area contributed by atoms with Crippen LogP contribution in [0.4, 0.5) is 18.9 Å². The van der Waals surface area contributed by atoms with Crippen LogP contribution in [0.3, 0.4) is 0 Å². The van der Waals surface area contributed by atoms with Crippen LogP contribution in [-0.4, -0.2) is 16.2 Å². The number of nitrogens with zero attached hydrogens (tertiary/aromatic N) is 1. The Labute approximate surface area is 111 Å². The van der Waals surface area contributed by atoms with E-state index in [1.165, 1.54) is 0 Å². The molecule has 0 bridgehead atoms. The maximum atomic E-state index is 12.4. The number of alkyl halides is 3. The first-order valence-corrected chi connectivity index (χ1v) is 5.45. The summed E-state index contributed by atoms with van der Waals surface area (Å²) in [6, 6.07) is 3.98. The Morgan fingerprint density at radius 3 is 2.50 bits per heavy atom. The molecule has 1 aromatic carbocycles. The third-order valence-electron chi connectivity index (χ3n) is 2.50. The Bertz CT molecular complexity index is 605. The summed E-state index contributed by atoms with van der Waals surface area (Å²) in [5.41, 5.74) is -0.600. The van der Waals surface area contributed by atoms with Gasteiger partial charge in [0, 0.05) is 5.69 Å². The van der Waals surface area contributed by atoms with Crippen molar-refractivity contribution < 1.29 is 27.6 Å². The van der Waals surface area contributed by atoms with E-state index in [-0.39, 0.29) is 17.0 Å². The lowest BCUT2D eigenvalue weighted by molar-refractivity contribution is -0.137. The van der Waals surface area contributed by atoms with Crippen molar-refractivity contribution in [2.45, 2.75) is 12.8 Å². The molecule has 0 atom stereocenters. The zero-order valence-corrected chi connectivity index (χ0v) is 9.94. The highest BCUT2D eigenvalue weighted by Crippen LogP contribution is 2.29. The second-order valence-electron chi connectivity index (χ2n) is 3.85. The minimum Gasteiger partial charge on any atom is -0.388 e. The van der Waals surface area contributed by atoms with Gasteiger partial charge >= 0.3 is 6.18 Å². The molecule has 0 aliphatic heterocycles. The van der Waals surface area contributed by atoms with Crippen LogP contribution in [0.5, 0.6) is 0 Å². The number of aromatic nitrogens is 1. The molecule has 1 aromatic heterocycles. The standard InChI is InChI=1S/C12H9F3N2O3/c13-12(14,15)7-1-3-8(4-2-7)17-11(19)9-5-16-20-10(9)6-18/h1-5,18H,6H2,(H,17,19). The molecule has 2 N–H and O–H groups in total. The van der Waals surface area contributed by atoms with E-state index in [1.54, 1.807) is 0 Å². The van der Waals surface area contributed by atoms with Crippen molar-refractivity contribution in [3.8, 4) is 0 Å². The first-order chi connectivity index (χ1) is 9.41. The number of anilines is 1. The molecule has 2 aromatic rings. The monoisotopic (exact) mass is 286 g/mol. The lowest BCUT2D eigenvalue weighted by atomic mass is 10.2. The van der Waals surface area contributed by atoms with Gasteiger partial charge < -0.3 is 14.9 Å². The molecule has 0 saturated heterocycles. The molecule has 0 unspecified atom stereocenters. The van der Waals surface area contributed by atoms with Crippen LogP contribution in [0, 0.1) is 0 Å². The van der Waals surface area contributed by atoms with E-state index < -0.39 is 24.3 Å². The average Bonchev–Trinajstić information content (AvgIpc) is 2.86. The van der Waals surface area contributed by atoms with Gasteiger partial charge in [-0.2, -0.15) is 13.2 Å². The zero-order valence-electron chi connectivity index (χ0n) is 9.94. The average molecular weight is 286 g/mol. The number of hydrogen-bond donors (Lipinski definition) is 2. The van der Waals surface area contributed by atoms with Crippen LogP contribution in [0.2, 0.25) is 0 Å². The summed E-state index contributed by atoms with van der Waals surface area (Å²) in [6.45, 7) is -0.504. The molecular weight excluding hydrogens is 277 g/mol. The third kappa shape index (κ3) is 2.97. The molecule has 20 heavy (non-hydrogen) atoms. The fraction of sp³-hybridized carbons (Fsp3) is 0.167. The highest BCUT2D eigenvalue weighted by atomic mass is 19.4. The summed E-state index contributed by atoms with van der Waals surface area (Å²) in [6.07, 6.45) is -3.31. The molecule has 0 spiro atoms. The van der Waals surface area contributed by atoms with E-state index in [2.05, 4.69) is 15.0 Å². The summed E-state index contributed by atoms with van der Waals surface area (Å²) in [5, 5.41) is 14.6. The van der Waals surface area contributed by atoms with E-state index in [9.17, 15) is 18.0 Å². The number of carbonyl (C=O) groups is 1. The lowest BCUT2D eigenvalue weighted by Crippen LogP contribution is -2.13. The second kappa shape index (κ2) is 5.33. The smallest absolute Gasteiger partial charge is 0.388 e. The van der Waals surface area contributed by atoms with Crippen LogP contribution in [0.15, 0.2) is 35.0 Å². The Hall–Kier alpha value is -2.35. The Morgan fingerprint density at radius 1 is 1.30 bits per heavy atom. The van der Waals surface area contributed by atoms with E-state index in [0.717, 1.165) is 30.5 Å². The number of benzene rings is 1. The summed E-state index contributed by atoms with van der Waals surface area (Å²) in [4.78, 5) is 11.8. The third-order valence-corrected chi connectivity index (χ3v) is 2.50. The minimum atomic E-state index is -4.43. The van der Waals surface area contributed by atoms with Gasteiger partial charge in [-0.3, -0.25) is 4.79 Å². The van der Waals surface area contributed by atoms with E-state index >= 15 is 0 Å². The van der Waals surface area contributed by atoms with E-state index in [4.69, 9.17) is 5.11 Å². The largest absolute Gasteiger partial charge is 0.416 e. The highest BCUT2D eigenvalue weighted by Gasteiger charge is 2.30. The van der Waals surface area contributed by atoms with Crippen LogP contribution in [-0.2, 0) is 12.8 Å². The molecule has 8 heteroatoms. The molecule has 0 aliphatic carbocycles. The van der Waals surface area contributed by atoms with Crippen LogP contribution in [0.25, 0.3) is 0 Å². The Morgan fingerprint density at radius 2 is 1.95 bits per heavy atom. The van der Waals surface area contributed by atoms with Crippen molar-refractivity contribution >= 4 is 11.6 Å². The van der Waals surface area contributed by atoms with Gasteiger partial charge in [0.25, 0.3) is 5.91 Å². The van der Waals surface area contributed by atoms with Gasteiger partial charge in [-0.15, -0.1) is 0 Å². The lowest BCUT2D eigenvalue weighted by Gasteiger charge is -2.08. The van der Waals surface area contributed by atoms with Gasteiger partial charge in [0.15, 0.2) is 5.76 Å². The Kier molecular flexibility index (Phi) is 3.75. The molecule has 1 amide bonds. The molecule has 0 saturated carbocycles. The molecular formula is C12H9F3N2O3. The fourth-order valence-electron chi connectivity index (χ4n) is 1.50. The number of nitrogens with one attached hydrogen (secondary N) is 1. The van der Waals surface area contributed by atoms with Gasteiger partial charge in [-0.05, 0) is 24.3 Å². The number of aliphatic hydroxyl groups excluding tert-OH is 1. The second-order valence-corrected chi connectivity index (χ2v) is 3.85. The maximum absolute atomic E-state index is 12.4. The van der Waals surface area contributed by atoms with Crippen LogP contribution >= 0.6 is 0 Å². The number of halogens is 3. The number of carbonyl (C=O) groups excluding carboxylic acids is 1. The summed E-state index contributed by atoms with van der Waals surface area (Å²) < 4.78 is 41.7. The topological polar surface area (TPSA) is 75.4 Å². The van der Waals surface area contributed by atoms with Crippen molar-refractivity contribution in [1.82, 2.24) is 5.16 Å². The molecule has 1 heterocycles. The highest BCUT2D eigenvalue weighted by molar-refractivity contribution is 6.04. The summed E-state index contributed by atoms with van der Waals surface area (Å²) in [5.74, 6) is -0.649. The van der Waals surface area contributed by atoms with Crippen LogP contribution in [0.1, 0.15) is 21.7 Å². The van der Waals surface area contributed by atoms with Gasteiger partial charge in [0.1, 0.15) is 12.2 Å². The minimum absolute atomic E-state index is 0.0191. The quantitative estimate of drug-likeness (QED) is 0.908. The van der Waals surface area contributed by atoms with E-state index in [0.29, 0.717) is 0 Å². The van der Waals surface area contributed by atoms with Crippen molar-refractivity contribution in [1.29, 1.82) is 0 Å². The Balaban J connectivity index is 2.13. The molecule has 0 aliphatic rings. The molecule has 2 rings (SSSR count). The predicted molar refractivity (Wildman–Crippen MR) is 61.8 cm³/mol. The normalized spacial score (nSPS) is 11.4. The van der Waals surface area contributed by atoms with Crippen molar-refractivity contribution in [2.75, 3.05) is 5.32 Å². The van der Waals surface area contributed by atoms with Gasteiger partial charge in [-0.1, -0.05) is 5.16 Å². The van der Waals surface area contributed by atoms with E-state index in [1.807, 2.05) is 0 Å². The van der Waals surface area contributed by atoms with Gasteiger partial charge in [-0.25, -0.2) is 0 Å². The number of aliphatic hydroxyl groups is 1. The fourth-order valence-corrected chi connectivity index (χ4v) is 1.50. The maximum Gasteiger partial charge on any atom is 0.416 e. The summed E-state index contributed by atoms with van der Waals surface area (Å²) >= 11 is 0. The van der Waals surface area contributed by atoms with Crippen molar-refractivity contribution in [3.63, 3.8) is 0 Å². The summed E-state index contributed by atoms with van der Waals surface area (Å²) in [7, 11) is 0. The first-order valence-electron chi connectivity index (χ1n) is 5.45. The molecule has 5 nitrogen and oxygen atoms in total. The molecule has 106 valence electrons.